The summed E-state index contributed by atoms with van der Waals surface area (Å²) in [6.07, 6.45) is 3.67. The number of nitriles is 1. The van der Waals surface area contributed by atoms with Gasteiger partial charge in [0, 0.05) is 18.7 Å². The summed E-state index contributed by atoms with van der Waals surface area (Å²) < 4.78 is 5.70. The number of rotatable bonds is 10. The van der Waals surface area contributed by atoms with Crippen molar-refractivity contribution in [2.24, 2.45) is 0 Å². The van der Waals surface area contributed by atoms with Gasteiger partial charge in [0.05, 0.1) is 19.1 Å². The van der Waals surface area contributed by atoms with Crippen LogP contribution in [0.25, 0.3) is 0 Å². The summed E-state index contributed by atoms with van der Waals surface area (Å²) in [5, 5.41) is 8.89. The minimum Gasteiger partial charge on any atom is -0.494 e. The molecule has 0 atom stereocenters. The van der Waals surface area contributed by atoms with Crippen LogP contribution in [0.2, 0.25) is 0 Å². The topological polar surface area (TPSA) is 53.3 Å². The van der Waals surface area contributed by atoms with Gasteiger partial charge in [-0.25, -0.2) is 0 Å². The predicted octanol–water partition coefficient (Wildman–Crippen LogP) is 4.81. The van der Waals surface area contributed by atoms with Gasteiger partial charge in [0.15, 0.2) is 0 Å². The molecular formula is C22H26N2O2. The second-order valence-electron chi connectivity index (χ2n) is 6.20. The van der Waals surface area contributed by atoms with Crippen LogP contribution in [0.4, 0.5) is 0 Å². The molecule has 0 aliphatic heterocycles. The molecule has 0 aliphatic rings. The lowest BCUT2D eigenvalue weighted by molar-refractivity contribution is 0.0747. The van der Waals surface area contributed by atoms with Crippen molar-refractivity contribution in [1.29, 1.82) is 5.26 Å². The van der Waals surface area contributed by atoms with Crippen molar-refractivity contribution in [3.05, 3.63) is 65.7 Å². The number of hydrogen-bond donors (Lipinski definition) is 0. The molecule has 0 fully saturated rings. The number of ether oxygens (including phenoxy) is 1. The maximum absolute atomic E-state index is 12.8. The molecule has 0 radical (unpaired) electrons. The van der Waals surface area contributed by atoms with Crippen LogP contribution in [0.5, 0.6) is 5.75 Å². The molecule has 0 saturated carbocycles. The summed E-state index contributed by atoms with van der Waals surface area (Å²) in [4.78, 5) is 14.6. The number of amides is 1. The summed E-state index contributed by atoms with van der Waals surface area (Å²) in [7, 11) is 0. The average Bonchev–Trinajstić information content (AvgIpc) is 2.69. The highest BCUT2D eigenvalue weighted by Crippen LogP contribution is 2.16. The van der Waals surface area contributed by atoms with Crippen molar-refractivity contribution < 1.29 is 9.53 Å². The molecule has 0 spiro atoms. The van der Waals surface area contributed by atoms with Crippen LogP contribution in [0.3, 0.4) is 0 Å². The second kappa shape index (κ2) is 10.9. The quantitative estimate of drug-likeness (QED) is 0.578. The van der Waals surface area contributed by atoms with Gasteiger partial charge in [-0.1, -0.05) is 50.1 Å². The van der Waals surface area contributed by atoms with Crippen LogP contribution >= 0.6 is 0 Å². The van der Waals surface area contributed by atoms with E-state index in [1.807, 2.05) is 42.5 Å². The van der Waals surface area contributed by atoms with Crippen LogP contribution in [0, 0.1) is 11.3 Å². The predicted molar refractivity (Wildman–Crippen MR) is 103 cm³/mol. The van der Waals surface area contributed by atoms with Crippen molar-refractivity contribution >= 4 is 5.91 Å². The van der Waals surface area contributed by atoms with E-state index in [4.69, 9.17) is 10.00 Å². The fourth-order valence-corrected chi connectivity index (χ4v) is 2.66. The zero-order valence-electron chi connectivity index (χ0n) is 15.4. The van der Waals surface area contributed by atoms with E-state index in [1.165, 1.54) is 0 Å². The first kappa shape index (κ1) is 19.5. The van der Waals surface area contributed by atoms with E-state index in [-0.39, 0.29) is 5.91 Å². The number of nitrogens with zero attached hydrogens (tertiary/aromatic N) is 2. The Morgan fingerprint density at radius 2 is 1.81 bits per heavy atom. The lowest BCUT2D eigenvalue weighted by atomic mass is 10.1. The molecule has 0 saturated heterocycles. The molecule has 0 aromatic heterocycles. The highest BCUT2D eigenvalue weighted by atomic mass is 16.5. The fraction of sp³-hybridized carbons (Fsp3) is 0.364. The Morgan fingerprint density at radius 1 is 1.08 bits per heavy atom. The van der Waals surface area contributed by atoms with Crippen molar-refractivity contribution in [2.75, 3.05) is 13.2 Å². The molecule has 2 aromatic carbocycles. The Labute approximate surface area is 156 Å². The molecule has 0 unspecified atom stereocenters. The van der Waals surface area contributed by atoms with Gasteiger partial charge in [-0.2, -0.15) is 5.26 Å². The molecule has 0 heterocycles. The second-order valence-corrected chi connectivity index (χ2v) is 6.20. The fourth-order valence-electron chi connectivity index (χ4n) is 2.66. The first-order valence-corrected chi connectivity index (χ1v) is 9.17. The van der Waals surface area contributed by atoms with Gasteiger partial charge >= 0.3 is 0 Å². The number of unbranched alkanes of at least 4 members (excludes halogenated alkanes) is 2. The molecule has 26 heavy (non-hydrogen) atoms. The van der Waals surface area contributed by atoms with E-state index in [0.717, 1.165) is 30.6 Å². The normalized spacial score (nSPS) is 10.2. The van der Waals surface area contributed by atoms with Crippen LogP contribution in [0.1, 0.15) is 48.5 Å². The Balaban J connectivity index is 2.01. The number of carbonyl (C=O) groups excluding carboxylic acids is 1. The standard InChI is InChI=1S/C22H26N2O2/c1-2-3-7-17-26-21-13-11-20(12-14-21)22(25)24(16-8-15-23)18-19-9-5-4-6-10-19/h4-6,9-14H,2-3,7-8,16-18H2,1H3. The minimum absolute atomic E-state index is 0.0679. The lowest BCUT2D eigenvalue weighted by Crippen LogP contribution is -2.31. The Bertz CT molecular complexity index is 705. The Kier molecular flexibility index (Phi) is 8.21. The summed E-state index contributed by atoms with van der Waals surface area (Å²) in [6.45, 7) is 3.77. The highest BCUT2D eigenvalue weighted by Gasteiger charge is 2.16. The first-order valence-electron chi connectivity index (χ1n) is 9.17. The van der Waals surface area contributed by atoms with Gasteiger partial charge in [0.25, 0.3) is 5.91 Å². The Morgan fingerprint density at radius 3 is 2.46 bits per heavy atom. The van der Waals surface area contributed by atoms with Crippen molar-refractivity contribution in [3.63, 3.8) is 0 Å². The van der Waals surface area contributed by atoms with Gasteiger partial charge in [-0.15, -0.1) is 0 Å². The average molecular weight is 350 g/mol. The summed E-state index contributed by atoms with van der Waals surface area (Å²) in [6, 6.07) is 19.2. The van der Waals surface area contributed by atoms with Gasteiger partial charge in [0.1, 0.15) is 5.75 Å². The largest absolute Gasteiger partial charge is 0.494 e. The molecule has 2 rings (SSSR count). The van der Waals surface area contributed by atoms with E-state index in [1.54, 1.807) is 17.0 Å². The molecule has 0 aliphatic carbocycles. The molecule has 0 bridgehead atoms. The van der Waals surface area contributed by atoms with Crippen LogP contribution in [0.15, 0.2) is 54.6 Å². The molecule has 2 aromatic rings. The Hall–Kier alpha value is -2.80. The van der Waals surface area contributed by atoms with E-state index in [9.17, 15) is 4.79 Å². The molecule has 1 amide bonds. The minimum atomic E-state index is -0.0679. The summed E-state index contributed by atoms with van der Waals surface area (Å²) in [5.74, 6) is 0.714. The summed E-state index contributed by atoms with van der Waals surface area (Å²) in [5.41, 5.74) is 1.66. The number of carbonyl (C=O) groups is 1. The van der Waals surface area contributed by atoms with Crippen molar-refractivity contribution in [1.82, 2.24) is 4.90 Å². The monoisotopic (exact) mass is 350 g/mol. The molecule has 4 nitrogen and oxygen atoms in total. The van der Waals surface area contributed by atoms with E-state index in [0.29, 0.717) is 31.7 Å². The van der Waals surface area contributed by atoms with Gasteiger partial charge in [0.2, 0.25) is 0 Å². The van der Waals surface area contributed by atoms with E-state index in [2.05, 4.69) is 13.0 Å². The number of hydrogen-bond acceptors (Lipinski definition) is 3. The third-order valence-corrected chi connectivity index (χ3v) is 4.11. The van der Waals surface area contributed by atoms with Crippen molar-refractivity contribution in [3.8, 4) is 11.8 Å². The van der Waals surface area contributed by atoms with Crippen LogP contribution < -0.4 is 4.74 Å². The molecule has 0 N–H and O–H groups in total. The molecular weight excluding hydrogens is 324 g/mol. The maximum atomic E-state index is 12.8. The zero-order chi connectivity index (χ0) is 18.6. The van der Waals surface area contributed by atoms with Crippen LogP contribution in [-0.4, -0.2) is 24.0 Å². The maximum Gasteiger partial charge on any atom is 0.254 e. The van der Waals surface area contributed by atoms with E-state index >= 15 is 0 Å². The number of benzene rings is 2. The molecule has 136 valence electrons. The third-order valence-electron chi connectivity index (χ3n) is 4.11. The smallest absolute Gasteiger partial charge is 0.254 e. The molecule has 4 heteroatoms. The zero-order valence-corrected chi connectivity index (χ0v) is 15.4. The lowest BCUT2D eigenvalue weighted by Gasteiger charge is -2.22. The first-order chi connectivity index (χ1) is 12.7. The highest BCUT2D eigenvalue weighted by molar-refractivity contribution is 5.94. The van der Waals surface area contributed by atoms with Crippen LogP contribution in [-0.2, 0) is 6.54 Å². The van der Waals surface area contributed by atoms with Gasteiger partial charge in [-0.05, 0) is 36.2 Å². The van der Waals surface area contributed by atoms with Crippen molar-refractivity contribution in [2.45, 2.75) is 39.2 Å². The third kappa shape index (κ3) is 6.25. The van der Waals surface area contributed by atoms with E-state index < -0.39 is 0 Å². The van der Waals surface area contributed by atoms with Gasteiger partial charge in [-0.3, -0.25) is 4.79 Å². The van der Waals surface area contributed by atoms with Gasteiger partial charge < -0.3 is 9.64 Å². The summed E-state index contributed by atoms with van der Waals surface area (Å²) >= 11 is 0. The SMILES string of the molecule is CCCCCOc1ccc(C(=O)N(CCC#N)Cc2ccccc2)cc1.